The van der Waals surface area contributed by atoms with E-state index in [1.165, 1.54) is 24.3 Å². The molecule has 0 unspecified atom stereocenters. The Labute approximate surface area is 109 Å². The van der Waals surface area contributed by atoms with Gasteiger partial charge in [0.2, 0.25) is 0 Å². The Morgan fingerprint density at radius 2 is 2.00 bits per heavy atom. The number of nitrogen functional groups attached to an aromatic ring is 1. The van der Waals surface area contributed by atoms with Gasteiger partial charge in [-0.25, -0.2) is 4.39 Å². The number of aryl methyl sites for hydroxylation is 1. The summed E-state index contributed by atoms with van der Waals surface area (Å²) < 4.78 is 13.8. The van der Waals surface area contributed by atoms with Crippen LogP contribution in [-0.2, 0) is 0 Å². The molecule has 0 atom stereocenters. The average Bonchev–Trinajstić information content (AvgIpc) is 2.35. The highest BCUT2D eigenvalue weighted by atomic mass is 35.5. The second kappa shape index (κ2) is 4.78. The van der Waals surface area contributed by atoms with Gasteiger partial charge in [-0.05, 0) is 36.8 Å². The lowest BCUT2D eigenvalue weighted by atomic mass is 10.0. The maximum absolute atomic E-state index is 13.8. The Hall–Kier alpha value is -1.87. The highest BCUT2D eigenvalue weighted by Crippen LogP contribution is 2.23. The molecule has 0 fully saturated rings. The van der Waals surface area contributed by atoms with Crippen molar-refractivity contribution in [3.8, 4) is 0 Å². The third-order valence-electron chi connectivity index (χ3n) is 2.70. The van der Waals surface area contributed by atoms with E-state index in [4.69, 9.17) is 17.3 Å². The Morgan fingerprint density at radius 3 is 2.67 bits per heavy atom. The predicted octanol–water partition coefficient (Wildman–Crippen LogP) is 3.60. The molecule has 2 N–H and O–H groups in total. The van der Waals surface area contributed by atoms with Crippen LogP contribution in [0, 0.1) is 12.7 Å². The fraction of sp³-hybridized carbons (Fsp3) is 0.0714. The zero-order valence-electron chi connectivity index (χ0n) is 9.71. The number of carbonyl (C=O) groups is 1. The van der Waals surface area contributed by atoms with E-state index in [0.29, 0.717) is 16.8 Å². The molecule has 2 rings (SSSR count). The van der Waals surface area contributed by atoms with Gasteiger partial charge in [-0.3, -0.25) is 4.79 Å². The fourth-order valence-electron chi connectivity index (χ4n) is 1.65. The van der Waals surface area contributed by atoms with Crippen molar-refractivity contribution < 1.29 is 9.18 Å². The summed E-state index contributed by atoms with van der Waals surface area (Å²) in [6, 6.07) is 9.22. The summed E-state index contributed by atoms with van der Waals surface area (Å²) in [6.07, 6.45) is 0. The van der Waals surface area contributed by atoms with E-state index in [0.717, 1.165) is 0 Å². The first-order chi connectivity index (χ1) is 8.50. The van der Waals surface area contributed by atoms with Crippen molar-refractivity contribution in [3.63, 3.8) is 0 Å². The Morgan fingerprint density at radius 1 is 1.28 bits per heavy atom. The second-order valence-electron chi connectivity index (χ2n) is 4.00. The van der Waals surface area contributed by atoms with Gasteiger partial charge in [0.05, 0.1) is 16.3 Å². The second-order valence-corrected chi connectivity index (χ2v) is 4.41. The van der Waals surface area contributed by atoms with Gasteiger partial charge in [0.15, 0.2) is 5.78 Å². The number of nitrogens with two attached hydrogens (primary N) is 1. The average molecular weight is 264 g/mol. The van der Waals surface area contributed by atoms with Gasteiger partial charge in [0.1, 0.15) is 5.82 Å². The molecule has 0 aliphatic rings. The van der Waals surface area contributed by atoms with E-state index in [1.807, 2.05) is 0 Å². The molecule has 0 aromatic heterocycles. The SMILES string of the molecule is Cc1cccc(C(=O)c2ccc(N)c(Cl)c2)c1F. The number of carbonyl (C=O) groups excluding carboxylic acids is 1. The topological polar surface area (TPSA) is 43.1 Å². The van der Waals surface area contributed by atoms with Crippen molar-refractivity contribution in [1.29, 1.82) is 0 Å². The summed E-state index contributed by atoms with van der Waals surface area (Å²) in [6.45, 7) is 1.61. The van der Waals surface area contributed by atoms with E-state index in [9.17, 15) is 9.18 Å². The lowest BCUT2D eigenvalue weighted by molar-refractivity contribution is 0.103. The van der Waals surface area contributed by atoms with Crippen LogP contribution >= 0.6 is 11.6 Å². The van der Waals surface area contributed by atoms with E-state index in [-0.39, 0.29) is 10.6 Å². The molecule has 0 radical (unpaired) electrons. The van der Waals surface area contributed by atoms with Crippen LogP contribution in [-0.4, -0.2) is 5.78 Å². The van der Waals surface area contributed by atoms with Gasteiger partial charge in [0.25, 0.3) is 0 Å². The summed E-state index contributed by atoms with van der Waals surface area (Å²) in [5.74, 6) is -0.909. The van der Waals surface area contributed by atoms with E-state index >= 15 is 0 Å². The lowest BCUT2D eigenvalue weighted by Gasteiger charge is -2.06. The number of ketones is 1. The summed E-state index contributed by atoms with van der Waals surface area (Å²) in [4.78, 5) is 12.1. The van der Waals surface area contributed by atoms with Gasteiger partial charge in [0, 0.05) is 5.56 Å². The molecule has 4 heteroatoms. The molecule has 2 aromatic rings. The summed E-state index contributed by atoms with van der Waals surface area (Å²) in [7, 11) is 0. The first-order valence-electron chi connectivity index (χ1n) is 5.35. The van der Waals surface area contributed by atoms with Crippen LogP contribution < -0.4 is 5.73 Å². The quantitative estimate of drug-likeness (QED) is 0.664. The van der Waals surface area contributed by atoms with Crippen LogP contribution in [0.1, 0.15) is 21.5 Å². The molecule has 92 valence electrons. The van der Waals surface area contributed by atoms with Gasteiger partial charge in [-0.15, -0.1) is 0 Å². The monoisotopic (exact) mass is 263 g/mol. The van der Waals surface area contributed by atoms with E-state index < -0.39 is 11.6 Å². The summed E-state index contributed by atoms with van der Waals surface area (Å²) >= 11 is 5.85. The standard InChI is InChI=1S/C14H11ClFNO/c1-8-3-2-4-10(13(8)16)14(18)9-5-6-12(17)11(15)7-9/h2-7H,17H2,1H3. The Kier molecular flexibility index (Phi) is 3.34. The molecule has 0 spiro atoms. The van der Waals surface area contributed by atoms with Crippen molar-refractivity contribution in [2.45, 2.75) is 6.92 Å². The zero-order chi connectivity index (χ0) is 13.3. The predicted molar refractivity (Wildman–Crippen MR) is 70.4 cm³/mol. The maximum atomic E-state index is 13.8. The van der Waals surface area contributed by atoms with Gasteiger partial charge in [-0.1, -0.05) is 23.7 Å². The molecule has 0 amide bonds. The smallest absolute Gasteiger partial charge is 0.196 e. The molecule has 2 aromatic carbocycles. The van der Waals surface area contributed by atoms with Crippen LogP contribution in [0.3, 0.4) is 0 Å². The number of anilines is 1. The molecule has 0 bridgehead atoms. The first-order valence-corrected chi connectivity index (χ1v) is 5.73. The number of hydrogen-bond donors (Lipinski definition) is 1. The molecule has 0 saturated heterocycles. The first kappa shape index (κ1) is 12.6. The van der Waals surface area contributed by atoms with Crippen LogP contribution in [0.2, 0.25) is 5.02 Å². The van der Waals surface area contributed by atoms with Crippen molar-refractivity contribution in [2.75, 3.05) is 5.73 Å². The number of hydrogen-bond acceptors (Lipinski definition) is 2. The molecular weight excluding hydrogens is 253 g/mol. The van der Waals surface area contributed by atoms with Crippen molar-refractivity contribution in [3.05, 3.63) is 63.9 Å². The number of benzene rings is 2. The molecule has 0 aliphatic carbocycles. The van der Waals surface area contributed by atoms with Crippen molar-refractivity contribution >= 4 is 23.1 Å². The van der Waals surface area contributed by atoms with E-state index in [1.54, 1.807) is 19.1 Å². The Bertz CT molecular complexity index is 625. The molecule has 0 saturated carbocycles. The van der Waals surface area contributed by atoms with Crippen LogP contribution in [0.4, 0.5) is 10.1 Å². The maximum Gasteiger partial charge on any atom is 0.196 e. The number of rotatable bonds is 2. The zero-order valence-corrected chi connectivity index (χ0v) is 10.5. The van der Waals surface area contributed by atoms with Crippen LogP contribution in [0.15, 0.2) is 36.4 Å². The molecule has 18 heavy (non-hydrogen) atoms. The molecule has 2 nitrogen and oxygen atoms in total. The minimum absolute atomic E-state index is 0.0378. The highest BCUT2D eigenvalue weighted by Gasteiger charge is 2.15. The van der Waals surface area contributed by atoms with Crippen molar-refractivity contribution in [2.24, 2.45) is 0 Å². The van der Waals surface area contributed by atoms with Crippen molar-refractivity contribution in [1.82, 2.24) is 0 Å². The minimum Gasteiger partial charge on any atom is -0.398 e. The normalized spacial score (nSPS) is 10.4. The van der Waals surface area contributed by atoms with Gasteiger partial charge in [-0.2, -0.15) is 0 Å². The largest absolute Gasteiger partial charge is 0.398 e. The van der Waals surface area contributed by atoms with Crippen LogP contribution in [0.5, 0.6) is 0 Å². The molecular formula is C14H11ClFNO. The van der Waals surface area contributed by atoms with Crippen LogP contribution in [0.25, 0.3) is 0 Å². The molecule has 0 heterocycles. The fourth-order valence-corrected chi connectivity index (χ4v) is 1.83. The van der Waals surface area contributed by atoms with E-state index in [2.05, 4.69) is 0 Å². The third-order valence-corrected chi connectivity index (χ3v) is 3.03. The third kappa shape index (κ3) is 2.22. The highest BCUT2D eigenvalue weighted by molar-refractivity contribution is 6.33. The lowest BCUT2D eigenvalue weighted by Crippen LogP contribution is -2.05. The number of halogens is 2. The molecule has 0 aliphatic heterocycles. The summed E-state index contributed by atoms with van der Waals surface area (Å²) in [5, 5.41) is 0.286. The van der Waals surface area contributed by atoms with Gasteiger partial charge >= 0.3 is 0 Å². The van der Waals surface area contributed by atoms with Gasteiger partial charge < -0.3 is 5.73 Å². The Balaban J connectivity index is 2.48. The minimum atomic E-state index is -0.504. The summed E-state index contributed by atoms with van der Waals surface area (Å²) in [5.41, 5.74) is 6.74.